The molecule has 0 saturated heterocycles. The Bertz CT molecular complexity index is 539. The van der Waals surface area contributed by atoms with E-state index in [1.54, 1.807) is 42.5 Å². The van der Waals surface area contributed by atoms with Gasteiger partial charge >= 0.3 is 0 Å². The molecule has 2 rings (SSSR count). The molecule has 0 aliphatic heterocycles. The van der Waals surface area contributed by atoms with Crippen LogP contribution in [0.5, 0.6) is 17.2 Å². The van der Waals surface area contributed by atoms with Gasteiger partial charge < -0.3 is 20.1 Å². The molecule has 0 saturated carbocycles. The average Bonchev–Trinajstić information content (AvgIpc) is 2.43. The van der Waals surface area contributed by atoms with Gasteiger partial charge in [-0.15, -0.1) is 0 Å². The molecule has 4 nitrogen and oxygen atoms in total. The van der Waals surface area contributed by atoms with Gasteiger partial charge in [0.1, 0.15) is 5.75 Å². The maximum Gasteiger partial charge on any atom is 0.160 e. The first-order valence-corrected chi connectivity index (χ1v) is 6.02. The Morgan fingerprint density at radius 3 is 2.16 bits per heavy atom. The SMILES string of the molecule is OCC(COc1ccccc1O)c1ccccc1O. The predicted molar refractivity (Wildman–Crippen MR) is 71.5 cm³/mol. The van der Waals surface area contributed by atoms with Crippen molar-refractivity contribution in [1.29, 1.82) is 0 Å². The zero-order valence-corrected chi connectivity index (χ0v) is 10.4. The minimum Gasteiger partial charge on any atom is -0.508 e. The summed E-state index contributed by atoms with van der Waals surface area (Å²) in [6.07, 6.45) is 0. The van der Waals surface area contributed by atoms with Gasteiger partial charge in [0.15, 0.2) is 11.5 Å². The van der Waals surface area contributed by atoms with Crippen LogP contribution in [-0.4, -0.2) is 28.5 Å². The molecule has 1 atom stereocenters. The maximum atomic E-state index is 9.75. The highest BCUT2D eigenvalue weighted by Gasteiger charge is 2.15. The molecule has 0 amide bonds. The first kappa shape index (κ1) is 13.2. The van der Waals surface area contributed by atoms with Crippen LogP contribution in [0, 0.1) is 0 Å². The van der Waals surface area contributed by atoms with E-state index in [4.69, 9.17) is 4.74 Å². The van der Waals surface area contributed by atoms with E-state index in [1.807, 2.05) is 0 Å². The van der Waals surface area contributed by atoms with Crippen LogP contribution < -0.4 is 4.74 Å². The number of aromatic hydroxyl groups is 2. The Hall–Kier alpha value is -2.20. The van der Waals surface area contributed by atoms with Crippen LogP contribution >= 0.6 is 0 Å². The van der Waals surface area contributed by atoms with Crippen molar-refractivity contribution in [3.63, 3.8) is 0 Å². The highest BCUT2D eigenvalue weighted by atomic mass is 16.5. The number of ether oxygens (including phenoxy) is 1. The molecule has 2 aromatic carbocycles. The van der Waals surface area contributed by atoms with Crippen molar-refractivity contribution in [1.82, 2.24) is 0 Å². The van der Waals surface area contributed by atoms with Gasteiger partial charge in [-0.3, -0.25) is 0 Å². The number of benzene rings is 2. The van der Waals surface area contributed by atoms with Crippen molar-refractivity contribution in [2.75, 3.05) is 13.2 Å². The van der Waals surface area contributed by atoms with E-state index in [9.17, 15) is 15.3 Å². The lowest BCUT2D eigenvalue weighted by Crippen LogP contribution is -2.14. The molecule has 19 heavy (non-hydrogen) atoms. The first-order valence-electron chi connectivity index (χ1n) is 6.02. The third-order valence-electron chi connectivity index (χ3n) is 2.90. The van der Waals surface area contributed by atoms with Crippen molar-refractivity contribution in [3.8, 4) is 17.2 Å². The molecule has 0 fully saturated rings. The van der Waals surface area contributed by atoms with E-state index >= 15 is 0 Å². The van der Waals surface area contributed by atoms with Gasteiger partial charge in [-0.1, -0.05) is 30.3 Å². The summed E-state index contributed by atoms with van der Waals surface area (Å²) >= 11 is 0. The summed E-state index contributed by atoms with van der Waals surface area (Å²) in [4.78, 5) is 0. The molecule has 2 aromatic rings. The second-order valence-electron chi connectivity index (χ2n) is 4.22. The van der Waals surface area contributed by atoms with Gasteiger partial charge in [0.25, 0.3) is 0 Å². The van der Waals surface area contributed by atoms with Gasteiger partial charge in [-0.25, -0.2) is 0 Å². The summed E-state index contributed by atoms with van der Waals surface area (Å²) in [7, 11) is 0. The van der Waals surface area contributed by atoms with Gasteiger partial charge in [0.05, 0.1) is 13.2 Å². The number of hydrogen-bond donors (Lipinski definition) is 3. The second kappa shape index (κ2) is 6.11. The third-order valence-corrected chi connectivity index (χ3v) is 2.90. The zero-order valence-electron chi connectivity index (χ0n) is 10.4. The van der Waals surface area contributed by atoms with Crippen molar-refractivity contribution in [3.05, 3.63) is 54.1 Å². The van der Waals surface area contributed by atoms with Crippen LogP contribution in [0.1, 0.15) is 11.5 Å². The van der Waals surface area contributed by atoms with Gasteiger partial charge in [-0.05, 0) is 18.2 Å². The summed E-state index contributed by atoms with van der Waals surface area (Å²) in [6.45, 7) is 0.0246. The summed E-state index contributed by atoms with van der Waals surface area (Å²) in [5.41, 5.74) is 0.625. The summed E-state index contributed by atoms with van der Waals surface area (Å²) in [6, 6.07) is 13.5. The van der Waals surface area contributed by atoms with Crippen LogP contribution in [-0.2, 0) is 0 Å². The quantitative estimate of drug-likeness (QED) is 0.771. The molecule has 3 N–H and O–H groups in total. The fraction of sp³-hybridized carbons (Fsp3) is 0.200. The lowest BCUT2D eigenvalue weighted by Gasteiger charge is -2.17. The smallest absolute Gasteiger partial charge is 0.160 e. The standard InChI is InChI=1S/C15H16O4/c16-9-11(12-5-1-2-6-13(12)17)10-19-15-8-4-3-7-14(15)18/h1-8,11,16-18H,9-10H2. The molecule has 0 spiro atoms. The fourth-order valence-corrected chi connectivity index (χ4v) is 1.84. The maximum absolute atomic E-state index is 9.75. The van der Waals surface area contributed by atoms with Crippen molar-refractivity contribution in [2.45, 2.75) is 5.92 Å². The van der Waals surface area contributed by atoms with Crippen LogP contribution in [0.4, 0.5) is 0 Å². The molecule has 4 heteroatoms. The largest absolute Gasteiger partial charge is 0.508 e. The number of rotatable bonds is 5. The molecular weight excluding hydrogens is 244 g/mol. The Morgan fingerprint density at radius 2 is 1.53 bits per heavy atom. The Kier molecular flexibility index (Phi) is 4.26. The highest BCUT2D eigenvalue weighted by molar-refractivity contribution is 5.39. The molecule has 0 aliphatic carbocycles. The van der Waals surface area contributed by atoms with E-state index in [1.165, 1.54) is 6.07 Å². The molecule has 0 aliphatic rings. The number of aliphatic hydroxyl groups excluding tert-OH is 1. The van der Waals surface area contributed by atoms with Gasteiger partial charge in [0, 0.05) is 11.5 Å². The molecule has 0 heterocycles. The second-order valence-corrected chi connectivity index (χ2v) is 4.22. The summed E-state index contributed by atoms with van der Waals surface area (Å²) in [5.74, 6) is 0.191. The fourth-order valence-electron chi connectivity index (χ4n) is 1.84. The number of para-hydroxylation sites is 3. The molecule has 100 valence electrons. The molecule has 1 unspecified atom stereocenters. The van der Waals surface area contributed by atoms with Crippen molar-refractivity contribution < 1.29 is 20.1 Å². The number of hydrogen-bond acceptors (Lipinski definition) is 4. The van der Waals surface area contributed by atoms with Crippen LogP contribution in [0.15, 0.2) is 48.5 Å². The minimum absolute atomic E-state index is 0.0523. The Morgan fingerprint density at radius 1 is 0.895 bits per heavy atom. The number of phenolic OH excluding ortho intramolecular Hbond substituents is 2. The van der Waals surface area contributed by atoms with E-state index in [0.29, 0.717) is 11.3 Å². The number of phenols is 2. The topological polar surface area (TPSA) is 69.9 Å². The predicted octanol–water partition coefficient (Wildman–Crippen LogP) is 2.25. The number of aliphatic hydroxyl groups is 1. The molecule has 0 radical (unpaired) electrons. The van der Waals surface area contributed by atoms with E-state index < -0.39 is 0 Å². The molecule has 0 bridgehead atoms. The van der Waals surface area contributed by atoms with Crippen molar-refractivity contribution in [2.24, 2.45) is 0 Å². The summed E-state index contributed by atoms with van der Waals surface area (Å²) in [5, 5.41) is 28.7. The van der Waals surface area contributed by atoms with E-state index in [0.717, 1.165) is 0 Å². The Balaban J connectivity index is 2.09. The normalized spacial score (nSPS) is 12.1. The minimum atomic E-state index is -0.346. The van der Waals surface area contributed by atoms with E-state index in [-0.39, 0.29) is 30.6 Å². The molecule has 0 aromatic heterocycles. The lowest BCUT2D eigenvalue weighted by molar-refractivity contribution is 0.199. The first-order chi connectivity index (χ1) is 9.22. The molecular formula is C15H16O4. The van der Waals surface area contributed by atoms with Crippen LogP contribution in [0.3, 0.4) is 0 Å². The highest BCUT2D eigenvalue weighted by Crippen LogP contribution is 2.29. The van der Waals surface area contributed by atoms with Crippen molar-refractivity contribution >= 4 is 0 Å². The monoisotopic (exact) mass is 260 g/mol. The van der Waals surface area contributed by atoms with Gasteiger partial charge in [0.2, 0.25) is 0 Å². The third kappa shape index (κ3) is 3.17. The Labute approximate surface area is 111 Å². The van der Waals surface area contributed by atoms with Gasteiger partial charge in [-0.2, -0.15) is 0 Å². The average molecular weight is 260 g/mol. The van der Waals surface area contributed by atoms with Crippen LogP contribution in [0.25, 0.3) is 0 Å². The van der Waals surface area contributed by atoms with Crippen LogP contribution in [0.2, 0.25) is 0 Å². The zero-order chi connectivity index (χ0) is 13.7. The summed E-state index contributed by atoms with van der Waals surface area (Å²) < 4.78 is 5.48. The van der Waals surface area contributed by atoms with E-state index in [2.05, 4.69) is 0 Å². The lowest BCUT2D eigenvalue weighted by atomic mass is 10.00.